The van der Waals surface area contributed by atoms with Gasteiger partial charge in [-0.25, -0.2) is 4.39 Å². The third kappa shape index (κ3) is 3.38. The van der Waals surface area contributed by atoms with Gasteiger partial charge >= 0.3 is 0 Å². The summed E-state index contributed by atoms with van der Waals surface area (Å²) in [5.74, 6) is 0.528. The lowest BCUT2D eigenvalue weighted by molar-refractivity contribution is -0.123. The van der Waals surface area contributed by atoms with Crippen LogP contribution in [-0.4, -0.2) is 36.1 Å². The molecule has 5 nitrogen and oxygen atoms in total. The maximum Gasteiger partial charge on any atom is 0.268 e. The van der Waals surface area contributed by atoms with Gasteiger partial charge in [0.15, 0.2) is 4.87 Å². The number of benzene rings is 3. The van der Waals surface area contributed by atoms with Crippen molar-refractivity contribution in [2.45, 2.75) is 18.3 Å². The number of methoxy groups -OCH3 is 1. The summed E-state index contributed by atoms with van der Waals surface area (Å²) in [5.41, 5.74) is 3.57. The molecule has 0 aliphatic carbocycles. The number of carbonyl (C=O) groups excluding carboxylic acids is 2. The predicted molar refractivity (Wildman–Crippen MR) is 127 cm³/mol. The Morgan fingerprint density at radius 1 is 1.12 bits per heavy atom. The largest absolute Gasteiger partial charge is 0.497 e. The summed E-state index contributed by atoms with van der Waals surface area (Å²) in [6, 6.07) is 19.1. The lowest BCUT2D eigenvalue weighted by atomic mass is 10.0. The van der Waals surface area contributed by atoms with Crippen molar-refractivity contribution in [1.29, 1.82) is 0 Å². The molecule has 7 heteroatoms. The zero-order chi connectivity index (χ0) is 23.2. The molecular weight excluding hydrogens is 439 g/mol. The van der Waals surface area contributed by atoms with E-state index in [4.69, 9.17) is 4.74 Å². The molecule has 33 heavy (non-hydrogen) atoms. The molecule has 1 spiro atoms. The second kappa shape index (κ2) is 8.23. The van der Waals surface area contributed by atoms with Crippen LogP contribution in [0.15, 0.2) is 66.7 Å². The highest BCUT2D eigenvalue weighted by Crippen LogP contribution is 2.55. The smallest absolute Gasteiger partial charge is 0.268 e. The molecule has 168 valence electrons. The van der Waals surface area contributed by atoms with Crippen molar-refractivity contribution in [2.75, 3.05) is 24.3 Å². The molecule has 2 aliphatic heterocycles. The summed E-state index contributed by atoms with van der Waals surface area (Å²) in [6.07, 6.45) is 0. The second-order valence-corrected chi connectivity index (χ2v) is 9.46. The normalized spacial score (nSPS) is 19.3. The number of thioether (sulfide) groups is 1. The Hall–Kier alpha value is -3.32. The summed E-state index contributed by atoms with van der Waals surface area (Å²) >= 11 is 1.46. The Bertz CT molecular complexity index is 1260. The maximum absolute atomic E-state index is 14.1. The van der Waals surface area contributed by atoms with Crippen LogP contribution in [0, 0.1) is 12.7 Å². The molecule has 5 rings (SSSR count). The van der Waals surface area contributed by atoms with Crippen molar-refractivity contribution < 1.29 is 18.7 Å². The van der Waals surface area contributed by atoms with Crippen LogP contribution in [0.1, 0.15) is 27.0 Å². The van der Waals surface area contributed by atoms with Gasteiger partial charge in [-0.1, -0.05) is 30.3 Å². The Labute approximate surface area is 196 Å². The van der Waals surface area contributed by atoms with Crippen LogP contribution in [-0.2, 0) is 16.2 Å². The van der Waals surface area contributed by atoms with Gasteiger partial charge < -0.3 is 14.5 Å². The number of carbonyl (C=O) groups is 2. The Morgan fingerprint density at radius 2 is 1.94 bits per heavy atom. The van der Waals surface area contributed by atoms with Gasteiger partial charge in [-0.3, -0.25) is 9.59 Å². The third-order valence-electron chi connectivity index (χ3n) is 6.25. The number of amides is 2. The van der Waals surface area contributed by atoms with E-state index in [0.717, 1.165) is 11.1 Å². The van der Waals surface area contributed by atoms with Crippen LogP contribution in [0.5, 0.6) is 5.75 Å². The standard InChI is InChI=1S/C26H23FN2O3S/c1-17-6-3-4-9-21(17)24(30)29-12-13-33-26(29)22-15-20(32-2)10-11-23(22)28(25(26)31)16-18-7-5-8-19(27)14-18/h3-11,14-15H,12-13,16H2,1-2H3/t26-/m1/s1. The first-order chi connectivity index (χ1) is 16.0. The average molecular weight is 463 g/mol. The van der Waals surface area contributed by atoms with E-state index in [1.807, 2.05) is 37.3 Å². The van der Waals surface area contributed by atoms with Crippen molar-refractivity contribution >= 4 is 29.3 Å². The van der Waals surface area contributed by atoms with Crippen LogP contribution in [0.25, 0.3) is 0 Å². The minimum absolute atomic E-state index is 0.173. The minimum Gasteiger partial charge on any atom is -0.497 e. The van der Waals surface area contributed by atoms with Crippen LogP contribution < -0.4 is 9.64 Å². The van der Waals surface area contributed by atoms with E-state index in [9.17, 15) is 14.0 Å². The highest BCUT2D eigenvalue weighted by molar-refractivity contribution is 8.01. The minimum atomic E-state index is -1.18. The fourth-order valence-corrected chi connectivity index (χ4v) is 6.11. The first-order valence-electron chi connectivity index (χ1n) is 10.7. The first kappa shape index (κ1) is 21.5. The molecule has 1 saturated heterocycles. The Morgan fingerprint density at radius 3 is 2.70 bits per heavy atom. The van der Waals surface area contributed by atoms with Crippen LogP contribution in [0.3, 0.4) is 0 Å². The van der Waals surface area contributed by atoms with E-state index < -0.39 is 4.87 Å². The molecule has 2 heterocycles. The van der Waals surface area contributed by atoms with E-state index in [1.54, 1.807) is 41.2 Å². The van der Waals surface area contributed by atoms with Gasteiger partial charge in [0, 0.05) is 23.4 Å². The zero-order valence-electron chi connectivity index (χ0n) is 18.4. The fourth-order valence-electron chi connectivity index (χ4n) is 4.65. The lowest BCUT2D eigenvalue weighted by Crippen LogP contribution is -2.50. The maximum atomic E-state index is 14.1. The van der Waals surface area contributed by atoms with E-state index in [0.29, 0.717) is 34.9 Å². The van der Waals surface area contributed by atoms with Gasteiger partial charge in [-0.2, -0.15) is 0 Å². The van der Waals surface area contributed by atoms with Crippen molar-refractivity contribution in [1.82, 2.24) is 4.90 Å². The molecular formula is C26H23FN2O3S. The van der Waals surface area contributed by atoms with Gasteiger partial charge in [0.05, 0.1) is 19.3 Å². The number of hydrogen-bond donors (Lipinski definition) is 0. The molecule has 1 atom stereocenters. The quantitative estimate of drug-likeness (QED) is 0.563. The molecule has 2 amide bonds. The number of hydrogen-bond acceptors (Lipinski definition) is 4. The SMILES string of the molecule is COc1ccc2c(c1)[C@@]1(SCCN1C(=O)c1ccccc1C)C(=O)N2Cc1cccc(F)c1. The van der Waals surface area contributed by atoms with Gasteiger partial charge in [0.25, 0.3) is 11.8 Å². The predicted octanol–water partition coefficient (Wildman–Crippen LogP) is 4.73. The van der Waals surface area contributed by atoms with Crippen LogP contribution >= 0.6 is 11.8 Å². The highest BCUT2D eigenvalue weighted by Gasteiger charge is 2.59. The molecule has 3 aromatic carbocycles. The van der Waals surface area contributed by atoms with E-state index >= 15 is 0 Å². The van der Waals surface area contributed by atoms with Crippen molar-refractivity contribution in [3.8, 4) is 5.75 Å². The summed E-state index contributed by atoms with van der Waals surface area (Å²) in [7, 11) is 1.58. The average Bonchev–Trinajstić information content (AvgIpc) is 3.36. The third-order valence-corrected chi connectivity index (χ3v) is 7.67. The molecule has 0 aromatic heterocycles. The van der Waals surface area contributed by atoms with Gasteiger partial charge in [-0.05, 0) is 54.4 Å². The summed E-state index contributed by atoms with van der Waals surface area (Å²) in [5, 5.41) is 0. The van der Waals surface area contributed by atoms with Crippen molar-refractivity contribution in [2.24, 2.45) is 0 Å². The lowest BCUT2D eigenvalue weighted by Gasteiger charge is -2.33. The molecule has 1 fully saturated rings. The van der Waals surface area contributed by atoms with Crippen molar-refractivity contribution in [3.05, 3.63) is 94.8 Å². The molecule has 0 saturated carbocycles. The van der Waals surface area contributed by atoms with E-state index in [2.05, 4.69) is 0 Å². The molecule has 0 bridgehead atoms. The van der Waals surface area contributed by atoms with E-state index in [1.165, 1.54) is 23.9 Å². The Kier molecular flexibility index (Phi) is 5.37. The number of aryl methyl sites for hydroxylation is 1. The second-order valence-electron chi connectivity index (χ2n) is 8.17. The van der Waals surface area contributed by atoms with Crippen molar-refractivity contribution in [3.63, 3.8) is 0 Å². The summed E-state index contributed by atoms with van der Waals surface area (Å²) in [4.78, 5) is 29.9. The fraction of sp³-hybridized carbons (Fsp3) is 0.231. The number of rotatable bonds is 4. The highest BCUT2D eigenvalue weighted by atomic mass is 32.2. The van der Waals surface area contributed by atoms with Gasteiger partial charge in [-0.15, -0.1) is 11.8 Å². The first-order valence-corrected chi connectivity index (χ1v) is 11.7. The monoisotopic (exact) mass is 462 g/mol. The van der Waals surface area contributed by atoms with Crippen LogP contribution in [0.4, 0.5) is 10.1 Å². The molecule has 0 unspecified atom stereocenters. The van der Waals surface area contributed by atoms with Gasteiger partial charge in [0.1, 0.15) is 11.6 Å². The molecule has 3 aromatic rings. The number of fused-ring (bicyclic) bond motifs is 2. The summed E-state index contributed by atoms with van der Waals surface area (Å²) < 4.78 is 19.3. The molecule has 0 radical (unpaired) electrons. The van der Waals surface area contributed by atoms with Crippen LogP contribution in [0.2, 0.25) is 0 Å². The molecule has 0 N–H and O–H groups in total. The summed E-state index contributed by atoms with van der Waals surface area (Å²) in [6.45, 7) is 2.56. The number of nitrogens with zero attached hydrogens (tertiary/aromatic N) is 2. The number of halogens is 1. The Balaban J connectivity index is 1.63. The topological polar surface area (TPSA) is 49.9 Å². The van der Waals surface area contributed by atoms with E-state index in [-0.39, 0.29) is 24.2 Å². The number of anilines is 1. The van der Waals surface area contributed by atoms with Gasteiger partial charge in [0.2, 0.25) is 0 Å². The zero-order valence-corrected chi connectivity index (χ0v) is 19.2. The number of ether oxygens (including phenoxy) is 1. The molecule has 2 aliphatic rings.